The van der Waals surface area contributed by atoms with Crippen molar-refractivity contribution >= 4 is 17.8 Å². The Morgan fingerprint density at radius 3 is 2.11 bits per heavy atom. The Bertz CT molecular complexity index is 1510. The maximum Gasteiger partial charge on any atom is 0.338 e. The number of esters is 1. The number of nitrogens with zero attached hydrogens (tertiary/aromatic N) is 3. The van der Waals surface area contributed by atoms with Crippen LogP contribution in [-0.2, 0) is 14.9 Å². The standard InChI is InChI=1S/C35H38F2N4O3/c1-24-31(33(42)44-3)32(26-15-16-29(36)30(37)23-26)41(25(2)39-24)34(43)38-19-10-20-40-21-17-35(18-22-40,27-11-6-4-7-12-27)28-13-8-5-9-14-28/h4-9,11-16,23,32H,10,17-22H2,1-3H3,(H,38,43). The first-order valence-corrected chi connectivity index (χ1v) is 14.9. The third kappa shape index (κ3) is 6.28. The number of ether oxygens (including phenoxy) is 1. The number of allylic oxidation sites excluding steroid dienone is 1. The van der Waals surface area contributed by atoms with Gasteiger partial charge in [0, 0.05) is 12.0 Å². The number of benzene rings is 3. The predicted molar refractivity (Wildman–Crippen MR) is 166 cm³/mol. The van der Waals surface area contributed by atoms with Gasteiger partial charge in [0.1, 0.15) is 5.84 Å². The molecule has 0 aliphatic carbocycles. The van der Waals surface area contributed by atoms with E-state index < -0.39 is 29.7 Å². The van der Waals surface area contributed by atoms with Crippen molar-refractivity contribution in [3.63, 3.8) is 0 Å². The molecule has 0 bridgehead atoms. The number of amidine groups is 1. The molecule has 2 aliphatic rings. The lowest BCUT2D eigenvalue weighted by atomic mass is 9.68. The molecular formula is C35H38F2N4O3. The number of hydrogen-bond donors (Lipinski definition) is 1. The number of likely N-dealkylation sites (tertiary alicyclic amines) is 1. The Hall–Kier alpha value is -4.37. The van der Waals surface area contributed by atoms with Crippen molar-refractivity contribution in [2.75, 3.05) is 33.3 Å². The Labute approximate surface area is 257 Å². The number of aliphatic imine (C=N–C) groups is 1. The molecule has 44 heavy (non-hydrogen) atoms. The van der Waals surface area contributed by atoms with Gasteiger partial charge in [0.15, 0.2) is 11.6 Å². The SMILES string of the molecule is COC(=O)C1=C(C)N=C(C)N(C(=O)NCCCN2CCC(c3ccccc3)(c3ccccc3)CC2)C1c1ccc(F)c(F)c1. The fourth-order valence-electron chi connectivity index (χ4n) is 6.50. The summed E-state index contributed by atoms with van der Waals surface area (Å²) < 4.78 is 33.0. The van der Waals surface area contributed by atoms with Crippen LogP contribution in [0.4, 0.5) is 13.6 Å². The fourth-order valence-corrected chi connectivity index (χ4v) is 6.50. The van der Waals surface area contributed by atoms with E-state index in [9.17, 15) is 18.4 Å². The van der Waals surface area contributed by atoms with Gasteiger partial charge in [0.05, 0.1) is 24.4 Å². The molecule has 0 radical (unpaired) electrons. The molecular weight excluding hydrogens is 562 g/mol. The molecule has 0 aromatic heterocycles. The van der Waals surface area contributed by atoms with Crippen molar-refractivity contribution in [2.45, 2.75) is 44.6 Å². The van der Waals surface area contributed by atoms with Crippen LogP contribution in [-0.4, -0.2) is 60.9 Å². The van der Waals surface area contributed by atoms with Crippen LogP contribution in [0.3, 0.4) is 0 Å². The fraction of sp³-hybridized carbons (Fsp3) is 0.343. The average Bonchev–Trinajstić information content (AvgIpc) is 3.04. The molecule has 9 heteroatoms. The second-order valence-corrected chi connectivity index (χ2v) is 11.3. The first kappa shape index (κ1) is 31.1. The highest BCUT2D eigenvalue weighted by atomic mass is 19.2. The predicted octanol–water partition coefficient (Wildman–Crippen LogP) is 6.37. The lowest BCUT2D eigenvalue weighted by molar-refractivity contribution is -0.136. The van der Waals surface area contributed by atoms with E-state index in [4.69, 9.17) is 4.74 Å². The van der Waals surface area contributed by atoms with Crippen molar-refractivity contribution in [2.24, 2.45) is 4.99 Å². The molecule has 7 nitrogen and oxygen atoms in total. The van der Waals surface area contributed by atoms with Gasteiger partial charge < -0.3 is 15.0 Å². The number of methoxy groups -OCH3 is 1. The molecule has 0 spiro atoms. The van der Waals surface area contributed by atoms with Crippen LogP contribution in [0, 0.1) is 11.6 Å². The smallest absolute Gasteiger partial charge is 0.338 e. The molecule has 1 atom stereocenters. The maximum absolute atomic E-state index is 14.3. The summed E-state index contributed by atoms with van der Waals surface area (Å²) >= 11 is 0. The first-order chi connectivity index (χ1) is 21.2. The Kier molecular flexibility index (Phi) is 9.54. The minimum Gasteiger partial charge on any atom is -0.466 e. The number of amides is 2. The summed E-state index contributed by atoms with van der Waals surface area (Å²) in [4.78, 5) is 34.4. The summed E-state index contributed by atoms with van der Waals surface area (Å²) in [5.74, 6) is -2.46. The number of halogens is 2. The zero-order chi connectivity index (χ0) is 31.3. The average molecular weight is 601 g/mol. The highest BCUT2D eigenvalue weighted by molar-refractivity contribution is 6.02. The second kappa shape index (κ2) is 13.5. The third-order valence-corrected chi connectivity index (χ3v) is 8.77. The molecule has 2 heterocycles. The van der Waals surface area contributed by atoms with Gasteiger partial charge in [-0.05, 0) is 81.6 Å². The van der Waals surface area contributed by atoms with E-state index >= 15 is 0 Å². The van der Waals surface area contributed by atoms with Crippen LogP contribution in [0.1, 0.15) is 55.8 Å². The Morgan fingerprint density at radius 1 is 0.932 bits per heavy atom. The summed E-state index contributed by atoms with van der Waals surface area (Å²) in [7, 11) is 1.23. The van der Waals surface area contributed by atoms with Crippen LogP contribution in [0.15, 0.2) is 95.1 Å². The Balaban J connectivity index is 1.23. The summed E-state index contributed by atoms with van der Waals surface area (Å²) in [6, 6.07) is 23.2. The van der Waals surface area contributed by atoms with Gasteiger partial charge in [-0.15, -0.1) is 0 Å². The Morgan fingerprint density at radius 2 is 1.55 bits per heavy atom. The van der Waals surface area contributed by atoms with E-state index in [-0.39, 0.29) is 16.6 Å². The normalized spacial score (nSPS) is 18.5. The van der Waals surface area contributed by atoms with E-state index in [1.807, 2.05) is 0 Å². The van der Waals surface area contributed by atoms with Gasteiger partial charge >= 0.3 is 12.0 Å². The van der Waals surface area contributed by atoms with Gasteiger partial charge in [-0.1, -0.05) is 66.7 Å². The van der Waals surface area contributed by atoms with E-state index in [2.05, 4.69) is 75.9 Å². The van der Waals surface area contributed by atoms with Crippen LogP contribution in [0.25, 0.3) is 0 Å². The summed E-state index contributed by atoms with van der Waals surface area (Å²) in [6.07, 6.45) is 2.71. The first-order valence-electron chi connectivity index (χ1n) is 14.9. The second-order valence-electron chi connectivity index (χ2n) is 11.3. The molecule has 2 amide bonds. The largest absolute Gasteiger partial charge is 0.466 e. The number of piperidine rings is 1. The highest BCUT2D eigenvalue weighted by Crippen LogP contribution is 2.41. The topological polar surface area (TPSA) is 74.2 Å². The number of carbonyl (C=O) groups excluding carboxylic acids is 2. The van der Waals surface area contributed by atoms with Gasteiger partial charge in [0.2, 0.25) is 0 Å². The highest BCUT2D eigenvalue weighted by Gasteiger charge is 2.39. The van der Waals surface area contributed by atoms with Crippen LogP contribution in [0.5, 0.6) is 0 Å². The third-order valence-electron chi connectivity index (χ3n) is 8.77. The van der Waals surface area contributed by atoms with Crippen LogP contribution in [0.2, 0.25) is 0 Å². The molecule has 1 saturated heterocycles. The number of carbonyl (C=O) groups is 2. The molecule has 2 aliphatic heterocycles. The summed E-state index contributed by atoms with van der Waals surface area (Å²) in [5, 5.41) is 2.95. The zero-order valence-electron chi connectivity index (χ0n) is 25.4. The number of hydrogen-bond acceptors (Lipinski definition) is 5. The molecule has 1 N–H and O–H groups in total. The molecule has 3 aromatic carbocycles. The van der Waals surface area contributed by atoms with Crippen molar-refractivity contribution in [1.82, 2.24) is 15.1 Å². The van der Waals surface area contributed by atoms with Gasteiger partial charge in [-0.25, -0.2) is 23.4 Å². The monoisotopic (exact) mass is 600 g/mol. The zero-order valence-corrected chi connectivity index (χ0v) is 25.4. The van der Waals surface area contributed by atoms with E-state index in [0.717, 1.165) is 44.6 Å². The van der Waals surface area contributed by atoms with Crippen LogP contribution < -0.4 is 5.32 Å². The molecule has 230 valence electrons. The number of urea groups is 1. The van der Waals surface area contributed by atoms with Crippen molar-refractivity contribution in [1.29, 1.82) is 0 Å². The number of rotatable bonds is 8. The summed E-state index contributed by atoms with van der Waals surface area (Å²) in [6.45, 7) is 6.33. The van der Waals surface area contributed by atoms with E-state index in [1.54, 1.807) is 13.8 Å². The maximum atomic E-state index is 14.3. The lowest BCUT2D eigenvalue weighted by Gasteiger charge is -2.43. The van der Waals surface area contributed by atoms with Gasteiger partial charge in [-0.3, -0.25) is 4.90 Å². The van der Waals surface area contributed by atoms with Gasteiger partial charge in [0.25, 0.3) is 0 Å². The minimum atomic E-state index is -1.07. The number of nitrogens with one attached hydrogen (secondary N) is 1. The lowest BCUT2D eigenvalue weighted by Crippen LogP contribution is -2.49. The van der Waals surface area contributed by atoms with Crippen molar-refractivity contribution in [3.8, 4) is 0 Å². The molecule has 0 saturated carbocycles. The molecule has 3 aromatic rings. The summed E-state index contributed by atoms with van der Waals surface area (Å²) in [5.41, 5.74) is 3.32. The van der Waals surface area contributed by atoms with E-state index in [1.165, 1.54) is 29.2 Å². The quantitative estimate of drug-likeness (QED) is 0.241. The van der Waals surface area contributed by atoms with E-state index in [0.29, 0.717) is 24.5 Å². The molecule has 5 rings (SSSR count). The minimum absolute atomic E-state index is 0.0316. The van der Waals surface area contributed by atoms with Gasteiger partial charge in [-0.2, -0.15) is 0 Å². The molecule has 1 fully saturated rings. The van der Waals surface area contributed by atoms with Crippen LogP contribution >= 0.6 is 0 Å². The van der Waals surface area contributed by atoms with Crippen molar-refractivity contribution in [3.05, 3.63) is 118 Å². The van der Waals surface area contributed by atoms with Crippen molar-refractivity contribution < 1.29 is 23.1 Å². The molecule has 1 unspecified atom stereocenters.